The van der Waals surface area contributed by atoms with Gasteiger partial charge in [0.2, 0.25) is 0 Å². The number of halogens is 3. The SMILES string of the molecule is CCc1ccccc1CNc1ccc(C(F)(F)F)nn1. The Kier molecular flexibility index (Phi) is 4.22. The number of hydrogen-bond donors (Lipinski definition) is 1. The normalized spacial score (nSPS) is 11.4. The van der Waals surface area contributed by atoms with Crippen molar-refractivity contribution in [3.63, 3.8) is 0 Å². The van der Waals surface area contributed by atoms with E-state index in [1.165, 1.54) is 11.6 Å². The molecular formula is C14H14F3N3. The maximum atomic E-state index is 12.3. The van der Waals surface area contributed by atoms with Crippen molar-refractivity contribution in [2.24, 2.45) is 0 Å². The van der Waals surface area contributed by atoms with E-state index in [9.17, 15) is 13.2 Å². The summed E-state index contributed by atoms with van der Waals surface area (Å²) in [5.41, 5.74) is 1.30. The van der Waals surface area contributed by atoms with E-state index in [4.69, 9.17) is 0 Å². The lowest BCUT2D eigenvalue weighted by Gasteiger charge is -2.10. The topological polar surface area (TPSA) is 37.8 Å². The van der Waals surface area contributed by atoms with Crippen LogP contribution in [0, 0.1) is 0 Å². The molecule has 0 fully saturated rings. The number of rotatable bonds is 4. The van der Waals surface area contributed by atoms with Gasteiger partial charge in [0.1, 0.15) is 5.82 Å². The first kappa shape index (κ1) is 14.3. The summed E-state index contributed by atoms with van der Waals surface area (Å²) in [5.74, 6) is 0.323. The molecular weight excluding hydrogens is 267 g/mol. The average molecular weight is 281 g/mol. The van der Waals surface area contributed by atoms with Crippen LogP contribution in [-0.2, 0) is 19.1 Å². The molecule has 2 rings (SSSR count). The van der Waals surface area contributed by atoms with Crippen LogP contribution in [0.4, 0.5) is 19.0 Å². The number of anilines is 1. The van der Waals surface area contributed by atoms with Gasteiger partial charge in [-0.2, -0.15) is 13.2 Å². The largest absolute Gasteiger partial charge is 0.435 e. The molecule has 0 radical (unpaired) electrons. The van der Waals surface area contributed by atoms with Gasteiger partial charge in [-0.25, -0.2) is 0 Å². The molecule has 3 nitrogen and oxygen atoms in total. The Balaban J connectivity index is 2.04. The maximum absolute atomic E-state index is 12.3. The number of aryl methyl sites for hydroxylation is 1. The summed E-state index contributed by atoms with van der Waals surface area (Å²) in [7, 11) is 0. The van der Waals surface area contributed by atoms with Crippen LogP contribution in [0.15, 0.2) is 36.4 Å². The third-order valence-corrected chi connectivity index (χ3v) is 2.91. The Morgan fingerprint density at radius 3 is 2.25 bits per heavy atom. The number of alkyl halides is 3. The Labute approximate surface area is 114 Å². The molecule has 0 unspecified atom stereocenters. The molecule has 0 aliphatic heterocycles. The second-order valence-electron chi connectivity index (χ2n) is 4.28. The van der Waals surface area contributed by atoms with Crippen molar-refractivity contribution in [2.75, 3.05) is 5.32 Å². The van der Waals surface area contributed by atoms with E-state index < -0.39 is 11.9 Å². The fourth-order valence-electron chi connectivity index (χ4n) is 1.84. The van der Waals surface area contributed by atoms with Gasteiger partial charge >= 0.3 is 6.18 Å². The van der Waals surface area contributed by atoms with Gasteiger partial charge < -0.3 is 5.32 Å². The quantitative estimate of drug-likeness (QED) is 0.929. The van der Waals surface area contributed by atoms with Crippen molar-refractivity contribution in [3.8, 4) is 0 Å². The fourth-order valence-corrected chi connectivity index (χ4v) is 1.84. The molecule has 2 aromatic rings. The van der Waals surface area contributed by atoms with Crippen LogP contribution in [-0.4, -0.2) is 10.2 Å². The van der Waals surface area contributed by atoms with Crippen molar-refractivity contribution in [1.29, 1.82) is 0 Å². The summed E-state index contributed by atoms with van der Waals surface area (Å²) < 4.78 is 37.0. The highest BCUT2D eigenvalue weighted by molar-refractivity contribution is 5.37. The standard InChI is InChI=1S/C14H14F3N3/c1-2-10-5-3-4-6-11(10)9-18-13-8-7-12(19-20-13)14(15,16)17/h3-8H,2,9H2,1H3,(H,18,20). The Morgan fingerprint density at radius 1 is 1.00 bits per heavy atom. The molecule has 1 aromatic carbocycles. The zero-order valence-electron chi connectivity index (χ0n) is 10.9. The van der Waals surface area contributed by atoms with Crippen LogP contribution in [0.3, 0.4) is 0 Å². The first-order chi connectivity index (χ1) is 9.50. The number of benzene rings is 1. The van der Waals surface area contributed by atoms with Gasteiger partial charge in [0.05, 0.1) is 0 Å². The van der Waals surface area contributed by atoms with E-state index in [0.29, 0.717) is 12.4 Å². The molecule has 20 heavy (non-hydrogen) atoms. The average Bonchev–Trinajstić information content (AvgIpc) is 2.45. The predicted octanol–water partition coefficient (Wildman–Crippen LogP) is 3.67. The van der Waals surface area contributed by atoms with Gasteiger partial charge in [0, 0.05) is 6.54 Å². The molecule has 0 saturated heterocycles. The first-order valence-electron chi connectivity index (χ1n) is 6.22. The molecule has 1 aromatic heterocycles. The minimum atomic E-state index is -4.46. The van der Waals surface area contributed by atoms with Gasteiger partial charge in [0.15, 0.2) is 5.69 Å². The van der Waals surface area contributed by atoms with Crippen molar-refractivity contribution in [2.45, 2.75) is 26.1 Å². The molecule has 0 amide bonds. The van der Waals surface area contributed by atoms with Gasteiger partial charge in [-0.1, -0.05) is 31.2 Å². The predicted molar refractivity (Wildman–Crippen MR) is 70.2 cm³/mol. The summed E-state index contributed by atoms with van der Waals surface area (Å²) in [6, 6.07) is 10.1. The van der Waals surface area contributed by atoms with E-state index >= 15 is 0 Å². The summed E-state index contributed by atoms with van der Waals surface area (Å²) >= 11 is 0. The van der Waals surface area contributed by atoms with Crippen LogP contribution >= 0.6 is 0 Å². The molecule has 0 atom stereocenters. The van der Waals surface area contributed by atoms with Crippen LogP contribution in [0.2, 0.25) is 0 Å². The van der Waals surface area contributed by atoms with Crippen LogP contribution < -0.4 is 5.32 Å². The van der Waals surface area contributed by atoms with Gasteiger partial charge in [-0.15, -0.1) is 10.2 Å². The lowest BCUT2D eigenvalue weighted by atomic mass is 10.1. The monoisotopic (exact) mass is 281 g/mol. The maximum Gasteiger partial charge on any atom is 0.435 e. The fraction of sp³-hybridized carbons (Fsp3) is 0.286. The van der Waals surface area contributed by atoms with Crippen molar-refractivity contribution in [3.05, 3.63) is 53.2 Å². The zero-order chi connectivity index (χ0) is 14.6. The van der Waals surface area contributed by atoms with Crippen molar-refractivity contribution < 1.29 is 13.2 Å². The molecule has 106 valence electrons. The van der Waals surface area contributed by atoms with Crippen LogP contribution in [0.5, 0.6) is 0 Å². The number of hydrogen-bond acceptors (Lipinski definition) is 3. The number of nitrogens with one attached hydrogen (secondary N) is 1. The minimum Gasteiger partial charge on any atom is -0.364 e. The van der Waals surface area contributed by atoms with E-state index in [-0.39, 0.29) is 0 Å². The molecule has 1 N–H and O–H groups in total. The van der Waals surface area contributed by atoms with E-state index in [0.717, 1.165) is 18.1 Å². The highest BCUT2D eigenvalue weighted by Gasteiger charge is 2.32. The highest BCUT2D eigenvalue weighted by atomic mass is 19.4. The van der Waals surface area contributed by atoms with Crippen LogP contribution in [0.25, 0.3) is 0 Å². The molecule has 0 aliphatic rings. The number of nitrogens with zero attached hydrogens (tertiary/aromatic N) is 2. The second-order valence-corrected chi connectivity index (χ2v) is 4.28. The molecule has 1 heterocycles. The van der Waals surface area contributed by atoms with Crippen molar-refractivity contribution in [1.82, 2.24) is 10.2 Å². The summed E-state index contributed by atoms with van der Waals surface area (Å²) in [6.45, 7) is 2.56. The molecule has 0 bridgehead atoms. The first-order valence-corrected chi connectivity index (χ1v) is 6.22. The number of aromatic nitrogens is 2. The minimum absolute atomic E-state index is 0.323. The van der Waals surface area contributed by atoms with Gasteiger partial charge in [-0.05, 0) is 29.7 Å². The lowest BCUT2D eigenvalue weighted by Crippen LogP contribution is -2.10. The van der Waals surface area contributed by atoms with Crippen LogP contribution in [0.1, 0.15) is 23.7 Å². The van der Waals surface area contributed by atoms with Gasteiger partial charge in [-0.3, -0.25) is 0 Å². The van der Waals surface area contributed by atoms with Gasteiger partial charge in [0.25, 0.3) is 0 Å². The molecule has 0 aliphatic carbocycles. The highest BCUT2D eigenvalue weighted by Crippen LogP contribution is 2.27. The van der Waals surface area contributed by atoms with Crippen molar-refractivity contribution >= 4 is 5.82 Å². The second kappa shape index (κ2) is 5.90. The smallest absolute Gasteiger partial charge is 0.364 e. The Morgan fingerprint density at radius 2 is 1.70 bits per heavy atom. The van der Waals surface area contributed by atoms with E-state index in [2.05, 4.69) is 22.4 Å². The Hall–Kier alpha value is -2.11. The summed E-state index contributed by atoms with van der Waals surface area (Å²) in [5, 5.41) is 9.68. The van der Waals surface area contributed by atoms with E-state index in [1.54, 1.807) is 0 Å². The molecule has 0 spiro atoms. The molecule has 6 heteroatoms. The summed E-state index contributed by atoms with van der Waals surface area (Å²) in [4.78, 5) is 0. The summed E-state index contributed by atoms with van der Waals surface area (Å²) in [6.07, 6.45) is -3.56. The zero-order valence-corrected chi connectivity index (χ0v) is 10.9. The third kappa shape index (κ3) is 3.46. The Bertz CT molecular complexity index is 565. The molecule has 0 saturated carbocycles. The third-order valence-electron chi connectivity index (χ3n) is 2.91. The lowest BCUT2D eigenvalue weighted by molar-refractivity contribution is -0.141. The van der Waals surface area contributed by atoms with E-state index in [1.807, 2.05) is 24.3 Å².